The lowest BCUT2D eigenvalue weighted by atomic mass is 9.93. The van der Waals surface area contributed by atoms with Gasteiger partial charge in [0.05, 0.1) is 23.3 Å². The first-order valence-corrected chi connectivity index (χ1v) is 9.71. The normalized spacial score (nSPS) is 22.0. The maximum atomic E-state index is 12.5. The number of β-lactam (4-membered cyclic amide) rings is 1. The first-order chi connectivity index (χ1) is 12.5. The van der Waals surface area contributed by atoms with Crippen molar-refractivity contribution in [2.45, 2.75) is 46.4 Å². The van der Waals surface area contributed by atoms with Crippen molar-refractivity contribution < 1.29 is 33.4 Å². The Morgan fingerprint density at radius 1 is 1.19 bits per heavy atom. The zero-order valence-corrected chi connectivity index (χ0v) is 17.0. The maximum Gasteiger partial charge on any atom is 0.357 e. The van der Waals surface area contributed by atoms with Crippen LogP contribution in [-0.2, 0) is 33.4 Å². The summed E-state index contributed by atoms with van der Waals surface area (Å²) in [7, 11) is 0. The van der Waals surface area contributed by atoms with Gasteiger partial charge in [0.2, 0.25) is 12.7 Å². The van der Waals surface area contributed by atoms with Gasteiger partial charge in [-0.25, -0.2) is 4.79 Å². The van der Waals surface area contributed by atoms with E-state index in [2.05, 4.69) is 0 Å². The van der Waals surface area contributed by atoms with Crippen LogP contribution in [0.4, 0.5) is 0 Å². The number of thioether (sulfide) groups is 1. The van der Waals surface area contributed by atoms with Crippen LogP contribution in [0.5, 0.6) is 0 Å². The van der Waals surface area contributed by atoms with E-state index in [0.717, 1.165) is 5.57 Å². The molecule has 0 radical (unpaired) electrons. The molecule has 0 unspecified atom stereocenters. The van der Waals surface area contributed by atoms with E-state index in [9.17, 15) is 19.2 Å². The van der Waals surface area contributed by atoms with Crippen molar-refractivity contribution in [3.05, 3.63) is 11.3 Å². The fourth-order valence-corrected chi connectivity index (χ4v) is 4.13. The molecule has 0 bridgehead atoms. The molecule has 8 nitrogen and oxygen atoms in total. The molecule has 2 rings (SSSR count). The number of esters is 3. The van der Waals surface area contributed by atoms with E-state index in [1.807, 2.05) is 0 Å². The van der Waals surface area contributed by atoms with Crippen LogP contribution in [0, 0.1) is 11.3 Å². The third-order valence-electron chi connectivity index (χ3n) is 4.19. The van der Waals surface area contributed by atoms with E-state index >= 15 is 0 Å². The fraction of sp³-hybridized carbons (Fsp3) is 0.667. The van der Waals surface area contributed by atoms with E-state index in [-0.39, 0.29) is 35.5 Å². The number of nitrogens with zero attached hydrogens (tertiary/aromatic N) is 1. The lowest BCUT2D eigenvalue weighted by molar-refractivity contribution is -0.174. The number of carbonyl (C=O) groups excluding carboxylic acids is 4. The Kier molecular flexibility index (Phi) is 6.56. The molecule has 0 N–H and O–H groups in total. The number of hydrogen-bond acceptors (Lipinski definition) is 8. The first kappa shape index (κ1) is 21.3. The SMILES string of the molecule is CC(=O)OCC[C@H]1C(=O)N2C(C(=O)OCOC(=O)C(C)(C)C)=C(C)CS[C@@H]12. The molecular formula is C18H25NO7S. The Labute approximate surface area is 162 Å². The van der Waals surface area contributed by atoms with Gasteiger partial charge < -0.3 is 14.2 Å². The van der Waals surface area contributed by atoms with Gasteiger partial charge in [-0.2, -0.15) is 0 Å². The highest BCUT2D eigenvalue weighted by Gasteiger charge is 2.52. The number of fused-ring (bicyclic) bond motifs is 1. The van der Waals surface area contributed by atoms with Gasteiger partial charge in [0.25, 0.3) is 0 Å². The maximum absolute atomic E-state index is 12.5. The number of rotatable bonds is 6. The van der Waals surface area contributed by atoms with Crippen LogP contribution < -0.4 is 0 Å². The minimum Gasteiger partial charge on any atom is -0.466 e. The molecule has 1 amide bonds. The molecule has 27 heavy (non-hydrogen) atoms. The van der Waals surface area contributed by atoms with E-state index < -0.39 is 24.1 Å². The predicted molar refractivity (Wildman–Crippen MR) is 97.0 cm³/mol. The van der Waals surface area contributed by atoms with Crippen LogP contribution in [0.2, 0.25) is 0 Å². The van der Waals surface area contributed by atoms with Crippen molar-refractivity contribution in [1.82, 2.24) is 4.90 Å². The van der Waals surface area contributed by atoms with Crippen LogP contribution in [0.3, 0.4) is 0 Å². The highest BCUT2D eigenvalue weighted by molar-refractivity contribution is 8.00. The average Bonchev–Trinajstić information content (AvgIpc) is 2.57. The van der Waals surface area contributed by atoms with Gasteiger partial charge >= 0.3 is 17.9 Å². The Morgan fingerprint density at radius 3 is 2.44 bits per heavy atom. The van der Waals surface area contributed by atoms with Crippen LogP contribution in [-0.4, -0.2) is 53.2 Å². The second-order valence-corrected chi connectivity index (χ2v) is 8.61. The molecule has 150 valence electrons. The minimum atomic E-state index is -0.698. The van der Waals surface area contributed by atoms with E-state index in [0.29, 0.717) is 12.2 Å². The Balaban J connectivity index is 1.94. The fourth-order valence-electron chi connectivity index (χ4n) is 2.73. The summed E-state index contributed by atoms with van der Waals surface area (Å²) in [5.74, 6) is -1.47. The second-order valence-electron chi connectivity index (χ2n) is 7.51. The quantitative estimate of drug-likeness (QED) is 0.379. The van der Waals surface area contributed by atoms with Crippen LogP contribution in [0.15, 0.2) is 11.3 Å². The molecule has 2 heterocycles. The van der Waals surface area contributed by atoms with Crippen molar-refractivity contribution in [2.75, 3.05) is 19.2 Å². The molecule has 1 fully saturated rings. The lowest BCUT2D eigenvalue weighted by Crippen LogP contribution is -2.61. The summed E-state index contributed by atoms with van der Waals surface area (Å²) in [5.41, 5.74) is 0.242. The van der Waals surface area contributed by atoms with Crippen molar-refractivity contribution in [3.63, 3.8) is 0 Å². The average molecular weight is 399 g/mol. The monoisotopic (exact) mass is 399 g/mol. The number of ether oxygens (including phenoxy) is 3. The predicted octanol–water partition coefficient (Wildman–Crippen LogP) is 1.83. The molecule has 0 aliphatic carbocycles. The highest BCUT2D eigenvalue weighted by atomic mass is 32.2. The summed E-state index contributed by atoms with van der Waals surface area (Å²) < 4.78 is 14.9. The molecule has 2 aliphatic heterocycles. The summed E-state index contributed by atoms with van der Waals surface area (Å²) >= 11 is 1.56. The summed E-state index contributed by atoms with van der Waals surface area (Å²) in [5, 5.41) is -0.184. The van der Waals surface area contributed by atoms with E-state index in [1.54, 1.807) is 39.5 Å². The van der Waals surface area contributed by atoms with Crippen molar-refractivity contribution >= 4 is 35.6 Å². The molecule has 0 saturated carbocycles. The number of amides is 1. The molecule has 0 aromatic heterocycles. The van der Waals surface area contributed by atoms with Gasteiger partial charge in [-0.1, -0.05) is 0 Å². The third kappa shape index (κ3) is 4.82. The number of carbonyl (C=O) groups is 4. The van der Waals surface area contributed by atoms with Gasteiger partial charge in [0.15, 0.2) is 0 Å². The molecule has 2 atom stereocenters. The van der Waals surface area contributed by atoms with Crippen molar-refractivity contribution in [3.8, 4) is 0 Å². The van der Waals surface area contributed by atoms with E-state index in [4.69, 9.17) is 14.2 Å². The van der Waals surface area contributed by atoms with Gasteiger partial charge in [-0.3, -0.25) is 19.3 Å². The lowest BCUT2D eigenvalue weighted by Gasteiger charge is -2.49. The Hall–Kier alpha value is -2.03. The van der Waals surface area contributed by atoms with Gasteiger partial charge in [-0.15, -0.1) is 11.8 Å². The summed E-state index contributed by atoms with van der Waals surface area (Å²) in [6.45, 7) is 7.84. The minimum absolute atomic E-state index is 0.169. The molecule has 2 aliphatic rings. The molecule has 0 spiro atoms. The summed E-state index contributed by atoms with van der Waals surface area (Å²) in [6.07, 6.45) is 0.414. The first-order valence-electron chi connectivity index (χ1n) is 8.66. The summed E-state index contributed by atoms with van der Waals surface area (Å²) in [6, 6.07) is 0. The molecule has 0 aromatic rings. The topological polar surface area (TPSA) is 99.2 Å². The molecule has 9 heteroatoms. The Morgan fingerprint density at radius 2 is 1.85 bits per heavy atom. The molecule has 0 aromatic carbocycles. The molecule has 1 saturated heterocycles. The van der Waals surface area contributed by atoms with Crippen LogP contribution in [0.1, 0.15) is 41.0 Å². The summed E-state index contributed by atoms with van der Waals surface area (Å²) in [4.78, 5) is 48.9. The third-order valence-corrected chi connectivity index (χ3v) is 5.67. The smallest absolute Gasteiger partial charge is 0.357 e. The molecular weight excluding hydrogens is 374 g/mol. The standard InChI is InChI=1S/C18H25NO7S/c1-10-8-27-15-12(6-7-24-11(2)20)14(21)19(15)13(10)16(22)25-9-26-17(23)18(3,4)5/h12,15H,6-9H2,1-5H3/t12-,15-/m0/s1. The zero-order chi connectivity index (χ0) is 20.4. The van der Waals surface area contributed by atoms with Crippen molar-refractivity contribution in [1.29, 1.82) is 0 Å². The zero-order valence-electron chi connectivity index (χ0n) is 16.2. The highest BCUT2D eigenvalue weighted by Crippen LogP contribution is 2.45. The largest absolute Gasteiger partial charge is 0.466 e. The number of hydrogen-bond donors (Lipinski definition) is 0. The van der Waals surface area contributed by atoms with Gasteiger partial charge in [0, 0.05) is 12.7 Å². The van der Waals surface area contributed by atoms with E-state index in [1.165, 1.54) is 11.8 Å². The second kappa shape index (κ2) is 8.33. The van der Waals surface area contributed by atoms with Crippen LogP contribution in [0.25, 0.3) is 0 Å². The Bertz CT molecular complexity index is 680. The van der Waals surface area contributed by atoms with Crippen LogP contribution >= 0.6 is 11.8 Å². The van der Waals surface area contributed by atoms with Gasteiger partial charge in [0.1, 0.15) is 5.70 Å². The van der Waals surface area contributed by atoms with Gasteiger partial charge in [-0.05, 0) is 39.7 Å². The van der Waals surface area contributed by atoms with Crippen molar-refractivity contribution in [2.24, 2.45) is 11.3 Å².